The average molecular weight is 413 g/mol. The van der Waals surface area contributed by atoms with Crippen molar-refractivity contribution in [2.24, 2.45) is 0 Å². The van der Waals surface area contributed by atoms with E-state index in [1.54, 1.807) is 26.4 Å². The molecular weight excluding hydrogens is 394 g/mol. The Labute approximate surface area is 161 Å². The predicted octanol–water partition coefficient (Wildman–Crippen LogP) is 4.30. The van der Waals surface area contributed by atoms with E-state index in [0.717, 1.165) is 11.1 Å². The van der Waals surface area contributed by atoms with Crippen LogP contribution in [0.3, 0.4) is 0 Å². The fourth-order valence-corrected chi connectivity index (χ4v) is 3.25. The first-order valence-corrected chi connectivity index (χ1v) is 8.91. The summed E-state index contributed by atoms with van der Waals surface area (Å²) in [6.45, 7) is 0.239. The fraction of sp³-hybridized carbons (Fsp3) is 0.143. The molecule has 0 unspecified atom stereocenters. The number of halogens is 1. The molecule has 0 spiro atoms. The topological polar surface area (TPSA) is 39.4 Å². The van der Waals surface area contributed by atoms with Crippen molar-refractivity contribution in [3.05, 3.63) is 77.0 Å². The van der Waals surface area contributed by atoms with Gasteiger partial charge >= 0.3 is 0 Å². The predicted molar refractivity (Wildman–Crippen MR) is 104 cm³/mol. The minimum absolute atomic E-state index is 0.0183. The summed E-state index contributed by atoms with van der Waals surface area (Å²) < 4.78 is 13.1. The van der Waals surface area contributed by atoms with Gasteiger partial charge in [0.1, 0.15) is 0 Å². The van der Waals surface area contributed by atoms with Gasteiger partial charge in [-0.25, -0.2) is 0 Å². The maximum Gasteiger partial charge on any atom is 0.228 e. The number of hydrogen-bond acceptors (Lipinski definition) is 3. The highest BCUT2D eigenvalue weighted by molar-refractivity contribution is 9.10. The lowest BCUT2D eigenvalue weighted by Gasteiger charge is -2.10. The standard InChI is InChI=1S/C21H19BrNO3/c1-25-20-12-17(18(22)13-21(20)26-2)19(24)14-23-10-8-16(9-11-23)15-6-4-3-5-7-15/h3-13H,14H2,1-2H3/q+1. The number of Topliss-reactive ketones (excluding diaryl/α,β-unsaturated/α-hetero) is 1. The van der Waals surface area contributed by atoms with Gasteiger partial charge in [-0.1, -0.05) is 30.3 Å². The Morgan fingerprint density at radius 1 is 0.923 bits per heavy atom. The number of ether oxygens (including phenoxy) is 2. The van der Waals surface area contributed by atoms with Crippen molar-refractivity contribution in [3.8, 4) is 22.6 Å². The molecule has 0 saturated heterocycles. The van der Waals surface area contributed by atoms with E-state index in [0.29, 0.717) is 21.5 Å². The normalized spacial score (nSPS) is 10.4. The molecule has 0 aliphatic rings. The van der Waals surface area contributed by atoms with Crippen molar-refractivity contribution >= 4 is 21.7 Å². The highest BCUT2D eigenvalue weighted by Crippen LogP contribution is 2.33. The van der Waals surface area contributed by atoms with E-state index < -0.39 is 0 Å². The van der Waals surface area contributed by atoms with Crippen molar-refractivity contribution in [1.29, 1.82) is 0 Å². The molecule has 0 aliphatic heterocycles. The second-order valence-corrected chi connectivity index (χ2v) is 6.59. The molecule has 0 amide bonds. The molecule has 132 valence electrons. The van der Waals surface area contributed by atoms with Crippen LogP contribution in [-0.4, -0.2) is 20.0 Å². The summed E-state index contributed by atoms with van der Waals surface area (Å²) in [6.07, 6.45) is 3.82. The Morgan fingerprint density at radius 3 is 2.12 bits per heavy atom. The van der Waals surface area contributed by atoms with Crippen molar-refractivity contribution in [1.82, 2.24) is 0 Å². The van der Waals surface area contributed by atoms with Gasteiger partial charge in [0.2, 0.25) is 12.3 Å². The summed E-state index contributed by atoms with van der Waals surface area (Å²) in [6, 6.07) is 17.6. The van der Waals surface area contributed by atoms with Gasteiger partial charge in [0.25, 0.3) is 0 Å². The Bertz CT molecular complexity index is 909. The molecular formula is C21H19BrNO3+. The van der Waals surface area contributed by atoms with Crippen molar-refractivity contribution in [2.45, 2.75) is 6.54 Å². The van der Waals surface area contributed by atoms with Crippen molar-refractivity contribution < 1.29 is 18.8 Å². The second-order valence-electron chi connectivity index (χ2n) is 5.74. The summed E-state index contributed by atoms with van der Waals surface area (Å²) in [5.74, 6) is 1.09. The monoisotopic (exact) mass is 412 g/mol. The molecule has 0 fully saturated rings. The van der Waals surface area contributed by atoms with E-state index in [9.17, 15) is 4.79 Å². The summed E-state index contributed by atoms with van der Waals surface area (Å²) in [7, 11) is 3.12. The maximum atomic E-state index is 12.7. The van der Waals surface area contributed by atoms with E-state index in [-0.39, 0.29) is 12.3 Å². The van der Waals surface area contributed by atoms with Gasteiger partial charge in [0.05, 0.1) is 14.2 Å². The number of methoxy groups -OCH3 is 2. The number of nitrogens with zero attached hydrogens (tertiary/aromatic N) is 1. The highest BCUT2D eigenvalue weighted by Gasteiger charge is 2.19. The van der Waals surface area contributed by atoms with E-state index in [2.05, 4.69) is 28.1 Å². The quantitative estimate of drug-likeness (QED) is 0.447. The number of aromatic nitrogens is 1. The minimum Gasteiger partial charge on any atom is -0.493 e. The van der Waals surface area contributed by atoms with Crippen LogP contribution in [0.25, 0.3) is 11.1 Å². The SMILES string of the molecule is COc1cc(Br)c(C(=O)C[n+]2ccc(-c3ccccc3)cc2)cc1OC. The molecule has 26 heavy (non-hydrogen) atoms. The number of rotatable bonds is 6. The molecule has 0 aliphatic carbocycles. The number of pyridine rings is 1. The molecule has 0 bridgehead atoms. The van der Waals surface area contributed by atoms with Crippen LogP contribution in [0.15, 0.2) is 71.5 Å². The number of hydrogen-bond donors (Lipinski definition) is 0. The maximum absolute atomic E-state index is 12.7. The Kier molecular flexibility index (Phi) is 5.68. The number of ketones is 1. The average Bonchev–Trinajstić information content (AvgIpc) is 2.68. The first-order chi connectivity index (χ1) is 12.6. The molecule has 4 nitrogen and oxygen atoms in total. The lowest BCUT2D eigenvalue weighted by molar-refractivity contribution is -0.683. The molecule has 0 atom stereocenters. The Balaban J connectivity index is 1.80. The van der Waals surface area contributed by atoms with Crippen LogP contribution >= 0.6 is 15.9 Å². The smallest absolute Gasteiger partial charge is 0.228 e. The first-order valence-electron chi connectivity index (χ1n) is 8.11. The van der Waals surface area contributed by atoms with Gasteiger partial charge in [0, 0.05) is 22.2 Å². The van der Waals surface area contributed by atoms with Gasteiger partial charge < -0.3 is 9.47 Å². The van der Waals surface area contributed by atoms with Crippen LogP contribution in [0, 0.1) is 0 Å². The molecule has 5 heteroatoms. The van der Waals surface area contributed by atoms with Crippen LogP contribution in [0.2, 0.25) is 0 Å². The summed E-state index contributed by atoms with van der Waals surface area (Å²) in [5, 5.41) is 0. The zero-order valence-corrected chi connectivity index (χ0v) is 16.2. The molecule has 2 aromatic carbocycles. The highest BCUT2D eigenvalue weighted by atomic mass is 79.9. The molecule has 3 rings (SSSR count). The number of carbonyl (C=O) groups excluding carboxylic acids is 1. The fourth-order valence-electron chi connectivity index (χ4n) is 2.70. The van der Waals surface area contributed by atoms with E-state index in [1.165, 1.54) is 0 Å². The van der Waals surface area contributed by atoms with E-state index >= 15 is 0 Å². The van der Waals surface area contributed by atoms with Gasteiger partial charge in [-0.3, -0.25) is 4.79 Å². The summed E-state index contributed by atoms with van der Waals surface area (Å²) in [5.41, 5.74) is 2.82. The van der Waals surface area contributed by atoms with Crippen molar-refractivity contribution in [3.63, 3.8) is 0 Å². The third kappa shape index (κ3) is 3.94. The Morgan fingerprint density at radius 2 is 1.50 bits per heavy atom. The third-order valence-corrected chi connectivity index (χ3v) is 4.75. The zero-order chi connectivity index (χ0) is 18.5. The molecule has 0 saturated carbocycles. The summed E-state index contributed by atoms with van der Waals surface area (Å²) in [4.78, 5) is 12.7. The molecule has 0 radical (unpaired) electrons. The second kappa shape index (κ2) is 8.15. The Hall–Kier alpha value is -2.66. The first kappa shape index (κ1) is 18.1. The van der Waals surface area contributed by atoms with Crippen LogP contribution < -0.4 is 14.0 Å². The lowest BCUT2D eigenvalue weighted by atomic mass is 10.1. The summed E-state index contributed by atoms with van der Waals surface area (Å²) >= 11 is 3.44. The van der Waals surface area contributed by atoms with Crippen molar-refractivity contribution in [2.75, 3.05) is 14.2 Å². The zero-order valence-electron chi connectivity index (χ0n) is 14.6. The third-order valence-electron chi connectivity index (χ3n) is 4.10. The van der Waals surface area contributed by atoms with Gasteiger partial charge in [-0.2, -0.15) is 4.57 Å². The van der Waals surface area contributed by atoms with Crippen LogP contribution in [0.4, 0.5) is 0 Å². The molecule has 0 N–H and O–H groups in total. The van der Waals surface area contributed by atoms with Gasteiger partial charge in [-0.05, 0) is 39.2 Å². The number of benzene rings is 2. The van der Waals surface area contributed by atoms with Crippen LogP contribution in [0.1, 0.15) is 10.4 Å². The largest absolute Gasteiger partial charge is 0.493 e. The number of carbonyl (C=O) groups is 1. The van der Waals surface area contributed by atoms with E-state index in [4.69, 9.17) is 9.47 Å². The van der Waals surface area contributed by atoms with Gasteiger partial charge in [0.15, 0.2) is 23.9 Å². The van der Waals surface area contributed by atoms with Crippen LogP contribution in [0.5, 0.6) is 11.5 Å². The van der Waals surface area contributed by atoms with Gasteiger partial charge in [-0.15, -0.1) is 0 Å². The molecule has 1 heterocycles. The lowest BCUT2D eigenvalue weighted by Crippen LogP contribution is -2.37. The minimum atomic E-state index is -0.0183. The molecule has 3 aromatic rings. The van der Waals surface area contributed by atoms with E-state index in [1.807, 2.05) is 47.3 Å². The molecule has 1 aromatic heterocycles. The van der Waals surface area contributed by atoms with Crippen LogP contribution in [-0.2, 0) is 6.54 Å².